The zero-order chi connectivity index (χ0) is 24.9. The Morgan fingerprint density at radius 3 is 2.31 bits per heavy atom. The zero-order valence-electron chi connectivity index (χ0n) is 20.4. The number of ether oxygens (including phenoxy) is 1. The molecule has 0 saturated carbocycles. The van der Waals surface area contributed by atoms with E-state index in [0.29, 0.717) is 11.4 Å². The Bertz CT molecular complexity index is 1200. The summed E-state index contributed by atoms with van der Waals surface area (Å²) in [6.07, 6.45) is 1.76. The molecule has 35 heavy (non-hydrogen) atoms. The number of nitrogens with zero attached hydrogens (tertiary/aromatic N) is 2. The van der Waals surface area contributed by atoms with Gasteiger partial charge in [-0.1, -0.05) is 42.5 Å². The van der Waals surface area contributed by atoms with Crippen molar-refractivity contribution >= 4 is 17.2 Å². The number of nitro groups is 1. The lowest BCUT2D eigenvalue weighted by atomic mass is 10.0. The molecule has 0 unspecified atom stereocenters. The molecule has 1 heterocycles. The Labute approximate surface area is 205 Å². The van der Waals surface area contributed by atoms with Gasteiger partial charge in [0.15, 0.2) is 5.78 Å². The van der Waals surface area contributed by atoms with Crippen LogP contribution in [0.4, 0.5) is 11.4 Å². The number of ketones is 1. The number of piperidine rings is 1. The molecule has 1 N–H and O–H groups in total. The molecule has 0 bridgehead atoms. The van der Waals surface area contributed by atoms with E-state index in [9.17, 15) is 14.9 Å². The number of para-hydroxylation sites is 1. The summed E-state index contributed by atoms with van der Waals surface area (Å²) >= 11 is 0. The van der Waals surface area contributed by atoms with Gasteiger partial charge in [0, 0.05) is 43.4 Å². The number of rotatable bonds is 8. The molecule has 3 aromatic carbocycles. The van der Waals surface area contributed by atoms with Crippen LogP contribution in [0.1, 0.15) is 46.8 Å². The SMILES string of the molecule is CC(=O)c1ccc(CN2CCC(Nc3cc(Oc4c(C)cccc4C)ccc3[N+](=O)[O-])CC2)cc1. The van der Waals surface area contributed by atoms with E-state index in [1.807, 2.05) is 56.3 Å². The van der Waals surface area contributed by atoms with Gasteiger partial charge in [-0.15, -0.1) is 0 Å². The number of likely N-dealkylation sites (tertiary alicyclic amines) is 1. The van der Waals surface area contributed by atoms with Crippen LogP contribution in [0.15, 0.2) is 60.7 Å². The fourth-order valence-corrected chi connectivity index (χ4v) is 4.49. The first-order chi connectivity index (χ1) is 16.8. The number of nitro benzene ring substituents is 1. The molecule has 4 rings (SSSR count). The second-order valence-corrected chi connectivity index (χ2v) is 9.21. The fraction of sp³-hybridized carbons (Fsp3) is 0.321. The van der Waals surface area contributed by atoms with Crippen LogP contribution >= 0.6 is 0 Å². The maximum absolute atomic E-state index is 11.7. The molecule has 182 valence electrons. The van der Waals surface area contributed by atoms with Gasteiger partial charge < -0.3 is 10.1 Å². The maximum Gasteiger partial charge on any atom is 0.292 e. The van der Waals surface area contributed by atoms with E-state index in [2.05, 4.69) is 10.2 Å². The van der Waals surface area contributed by atoms with E-state index in [0.717, 1.165) is 54.9 Å². The molecule has 0 atom stereocenters. The van der Waals surface area contributed by atoms with E-state index in [-0.39, 0.29) is 22.4 Å². The average molecular weight is 474 g/mol. The molecule has 1 saturated heterocycles. The van der Waals surface area contributed by atoms with Crippen molar-refractivity contribution in [1.82, 2.24) is 4.90 Å². The Morgan fingerprint density at radius 2 is 1.71 bits per heavy atom. The number of Topliss-reactive ketones (excluding diaryl/α,β-unsaturated/α-hetero) is 1. The predicted molar refractivity (Wildman–Crippen MR) is 137 cm³/mol. The first kappa shape index (κ1) is 24.4. The molecular weight excluding hydrogens is 442 g/mol. The highest BCUT2D eigenvalue weighted by Crippen LogP contribution is 2.35. The first-order valence-electron chi connectivity index (χ1n) is 11.9. The van der Waals surface area contributed by atoms with E-state index in [1.165, 1.54) is 11.6 Å². The van der Waals surface area contributed by atoms with Crippen molar-refractivity contribution < 1.29 is 14.5 Å². The number of hydrogen-bond acceptors (Lipinski definition) is 6. The van der Waals surface area contributed by atoms with Crippen molar-refractivity contribution in [1.29, 1.82) is 0 Å². The summed E-state index contributed by atoms with van der Waals surface area (Å²) in [4.78, 5) is 25.1. The maximum atomic E-state index is 11.7. The molecule has 1 aliphatic rings. The minimum Gasteiger partial charge on any atom is -0.457 e. The summed E-state index contributed by atoms with van der Waals surface area (Å²) in [5.41, 5.74) is 4.46. The van der Waals surface area contributed by atoms with Crippen LogP contribution in [0.25, 0.3) is 0 Å². The van der Waals surface area contributed by atoms with Gasteiger partial charge in [0.1, 0.15) is 17.2 Å². The topological polar surface area (TPSA) is 84.7 Å². The fourth-order valence-electron chi connectivity index (χ4n) is 4.49. The van der Waals surface area contributed by atoms with Crippen LogP contribution in [-0.2, 0) is 6.54 Å². The van der Waals surface area contributed by atoms with Gasteiger partial charge in [-0.2, -0.15) is 0 Å². The normalized spacial score (nSPS) is 14.5. The quantitative estimate of drug-likeness (QED) is 0.235. The van der Waals surface area contributed by atoms with Gasteiger partial charge in [-0.25, -0.2) is 0 Å². The highest BCUT2D eigenvalue weighted by molar-refractivity contribution is 5.94. The summed E-state index contributed by atoms with van der Waals surface area (Å²) in [6, 6.07) is 18.7. The smallest absolute Gasteiger partial charge is 0.292 e. The lowest BCUT2D eigenvalue weighted by Gasteiger charge is -2.32. The molecule has 0 aliphatic carbocycles. The van der Waals surface area contributed by atoms with Crippen molar-refractivity contribution in [3.63, 3.8) is 0 Å². The predicted octanol–water partition coefficient (Wildman–Crippen LogP) is 6.28. The summed E-state index contributed by atoms with van der Waals surface area (Å²) in [7, 11) is 0. The zero-order valence-corrected chi connectivity index (χ0v) is 20.4. The van der Waals surface area contributed by atoms with Gasteiger partial charge in [-0.05, 0) is 56.4 Å². The van der Waals surface area contributed by atoms with Gasteiger partial charge in [0.25, 0.3) is 5.69 Å². The van der Waals surface area contributed by atoms with Gasteiger partial charge in [0.05, 0.1) is 4.92 Å². The Balaban J connectivity index is 1.40. The second-order valence-electron chi connectivity index (χ2n) is 9.21. The lowest BCUT2D eigenvalue weighted by Crippen LogP contribution is -2.38. The second kappa shape index (κ2) is 10.7. The molecule has 0 spiro atoms. The standard InChI is InChI=1S/C28H31N3O4/c1-19-5-4-6-20(2)28(19)35-25-11-12-27(31(33)34)26(17-25)29-24-13-15-30(16-14-24)18-22-7-9-23(10-8-22)21(3)32/h4-12,17,24,29H,13-16,18H2,1-3H3. The van der Waals surface area contributed by atoms with Crippen molar-refractivity contribution in [3.05, 3.63) is 93.0 Å². The molecule has 1 fully saturated rings. The molecule has 0 radical (unpaired) electrons. The molecule has 7 heteroatoms. The van der Waals surface area contributed by atoms with E-state index >= 15 is 0 Å². The number of carbonyl (C=O) groups is 1. The molecule has 1 aliphatic heterocycles. The average Bonchev–Trinajstić information content (AvgIpc) is 2.83. The van der Waals surface area contributed by atoms with Gasteiger partial charge in [0.2, 0.25) is 0 Å². The summed E-state index contributed by atoms with van der Waals surface area (Å²) < 4.78 is 6.12. The molecule has 7 nitrogen and oxygen atoms in total. The van der Waals surface area contributed by atoms with Crippen LogP contribution in [0, 0.1) is 24.0 Å². The monoisotopic (exact) mass is 473 g/mol. The van der Waals surface area contributed by atoms with Crippen molar-refractivity contribution in [3.8, 4) is 11.5 Å². The Kier molecular flexibility index (Phi) is 7.46. The number of anilines is 1. The van der Waals surface area contributed by atoms with Crippen molar-refractivity contribution in [2.45, 2.75) is 46.2 Å². The Hall–Kier alpha value is -3.71. The van der Waals surface area contributed by atoms with E-state index < -0.39 is 0 Å². The Morgan fingerprint density at radius 1 is 1.06 bits per heavy atom. The number of nitrogens with one attached hydrogen (secondary N) is 1. The van der Waals surface area contributed by atoms with Crippen LogP contribution in [0.2, 0.25) is 0 Å². The summed E-state index contributed by atoms with van der Waals surface area (Å²) in [5, 5.41) is 15.1. The molecule has 0 amide bonds. The highest BCUT2D eigenvalue weighted by atomic mass is 16.6. The number of aryl methyl sites for hydroxylation is 2. The lowest BCUT2D eigenvalue weighted by molar-refractivity contribution is -0.384. The van der Waals surface area contributed by atoms with Crippen LogP contribution < -0.4 is 10.1 Å². The third kappa shape index (κ3) is 6.05. The molecule has 0 aromatic heterocycles. The molecular formula is C28H31N3O4. The summed E-state index contributed by atoms with van der Waals surface area (Å²) in [5.74, 6) is 1.42. The highest BCUT2D eigenvalue weighted by Gasteiger charge is 2.23. The number of hydrogen-bond donors (Lipinski definition) is 1. The van der Waals surface area contributed by atoms with Crippen LogP contribution in [0.5, 0.6) is 11.5 Å². The summed E-state index contributed by atoms with van der Waals surface area (Å²) in [6.45, 7) is 8.14. The van der Waals surface area contributed by atoms with Crippen LogP contribution in [0.3, 0.4) is 0 Å². The van der Waals surface area contributed by atoms with E-state index in [4.69, 9.17) is 4.74 Å². The van der Waals surface area contributed by atoms with Gasteiger partial charge in [-0.3, -0.25) is 19.8 Å². The van der Waals surface area contributed by atoms with Crippen LogP contribution in [-0.4, -0.2) is 34.7 Å². The largest absolute Gasteiger partial charge is 0.457 e. The number of benzene rings is 3. The minimum absolute atomic E-state index is 0.0480. The molecule has 3 aromatic rings. The van der Waals surface area contributed by atoms with Crippen molar-refractivity contribution in [2.24, 2.45) is 0 Å². The third-order valence-electron chi connectivity index (χ3n) is 6.51. The van der Waals surface area contributed by atoms with Gasteiger partial charge >= 0.3 is 0 Å². The number of carbonyl (C=O) groups excluding carboxylic acids is 1. The third-order valence-corrected chi connectivity index (χ3v) is 6.51. The first-order valence-corrected chi connectivity index (χ1v) is 11.9. The van der Waals surface area contributed by atoms with Crippen molar-refractivity contribution in [2.75, 3.05) is 18.4 Å². The minimum atomic E-state index is -0.356. The van der Waals surface area contributed by atoms with E-state index in [1.54, 1.807) is 19.1 Å².